The van der Waals surface area contributed by atoms with Crippen LogP contribution in [0.15, 0.2) is 46.3 Å². The van der Waals surface area contributed by atoms with Gasteiger partial charge in [-0.2, -0.15) is 0 Å². The van der Waals surface area contributed by atoms with Crippen LogP contribution >= 0.6 is 43.2 Å². The van der Waals surface area contributed by atoms with Crippen LogP contribution in [0.4, 0.5) is 0 Å². The summed E-state index contributed by atoms with van der Waals surface area (Å²) in [5.41, 5.74) is 1.10. The van der Waals surface area contributed by atoms with Gasteiger partial charge in [-0.3, -0.25) is 4.79 Å². The molecule has 1 aromatic carbocycles. The predicted molar refractivity (Wildman–Crippen MR) is 82.5 cm³/mol. The quantitative estimate of drug-likeness (QED) is 0.773. The molecule has 0 bridgehead atoms. The molecule has 94 valence electrons. The second-order valence-corrected chi connectivity index (χ2v) is 6.81. The van der Waals surface area contributed by atoms with Crippen molar-refractivity contribution in [3.63, 3.8) is 0 Å². The highest BCUT2D eigenvalue weighted by atomic mass is 79.9. The fourth-order valence-electron chi connectivity index (χ4n) is 1.56. The summed E-state index contributed by atoms with van der Waals surface area (Å²) in [5, 5.41) is 3.71. The minimum atomic E-state index is -0.0426. The van der Waals surface area contributed by atoms with E-state index in [4.69, 9.17) is 0 Å². The first-order valence-electron chi connectivity index (χ1n) is 5.38. The van der Waals surface area contributed by atoms with Crippen molar-refractivity contribution in [3.05, 3.63) is 56.7 Å². The van der Waals surface area contributed by atoms with Gasteiger partial charge in [-0.15, -0.1) is 11.3 Å². The average Bonchev–Trinajstić information content (AvgIpc) is 2.83. The van der Waals surface area contributed by atoms with E-state index in [9.17, 15) is 4.79 Å². The molecule has 1 atom stereocenters. The molecule has 0 radical (unpaired) electrons. The Morgan fingerprint density at radius 3 is 2.50 bits per heavy atom. The van der Waals surface area contributed by atoms with Crippen LogP contribution < -0.4 is 5.32 Å². The lowest BCUT2D eigenvalue weighted by Gasteiger charge is -2.16. The van der Waals surface area contributed by atoms with Gasteiger partial charge >= 0.3 is 0 Å². The summed E-state index contributed by atoms with van der Waals surface area (Å²) in [4.78, 5) is 12.8. The summed E-state index contributed by atoms with van der Waals surface area (Å²) in [6.07, 6.45) is 0. The molecule has 2 nitrogen and oxygen atoms in total. The standard InChI is InChI=1S/C13H11Br2NOS/c14-8-10(9-4-2-1-3-5-9)16-13(17)11-6-7-12(15)18-11/h1-7,10H,8H2,(H,16,17). The Morgan fingerprint density at radius 2 is 1.94 bits per heavy atom. The number of carbonyl (C=O) groups excluding carboxylic acids is 1. The van der Waals surface area contributed by atoms with Gasteiger partial charge in [0.05, 0.1) is 14.7 Å². The third kappa shape index (κ3) is 3.43. The Balaban J connectivity index is 2.10. The SMILES string of the molecule is O=C(NC(CBr)c1ccccc1)c1ccc(Br)s1. The summed E-state index contributed by atoms with van der Waals surface area (Å²) in [5.74, 6) is -0.0426. The second kappa shape index (κ2) is 6.50. The molecule has 0 aliphatic carbocycles. The van der Waals surface area contributed by atoms with E-state index in [0.717, 1.165) is 9.35 Å². The van der Waals surface area contributed by atoms with Gasteiger partial charge in [-0.1, -0.05) is 46.3 Å². The maximum Gasteiger partial charge on any atom is 0.261 e. The van der Waals surface area contributed by atoms with Gasteiger partial charge < -0.3 is 5.32 Å². The van der Waals surface area contributed by atoms with Crippen LogP contribution in [0.25, 0.3) is 0 Å². The Bertz CT molecular complexity index is 527. The topological polar surface area (TPSA) is 29.1 Å². The molecule has 0 spiro atoms. The zero-order chi connectivity index (χ0) is 13.0. The minimum absolute atomic E-state index is 0.0143. The third-order valence-corrected chi connectivity index (χ3v) is 4.73. The van der Waals surface area contributed by atoms with Gasteiger partial charge in [0.1, 0.15) is 0 Å². The van der Waals surface area contributed by atoms with Crippen molar-refractivity contribution in [2.75, 3.05) is 5.33 Å². The number of benzene rings is 1. The van der Waals surface area contributed by atoms with E-state index in [-0.39, 0.29) is 11.9 Å². The zero-order valence-electron chi connectivity index (χ0n) is 9.40. The molecule has 0 aliphatic heterocycles. The van der Waals surface area contributed by atoms with Crippen molar-refractivity contribution >= 4 is 49.1 Å². The fourth-order valence-corrected chi connectivity index (χ4v) is 3.39. The highest BCUT2D eigenvalue weighted by Crippen LogP contribution is 2.23. The molecule has 2 aromatic rings. The molecule has 0 saturated carbocycles. The van der Waals surface area contributed by atoms with Gasteiger partial charge in [0, 0.05) is 5.33 Å². The lowest BCUT2D eigenvalue weighted by Crippen LogP contribution is -2.28. The number of hydrogen-bond donors (Lipinski definition) is 1. The molecule has 0 aliphatic rings. The first-order valence-corrected chi connectivity index (χ1v) is 8.11. The summed E-state index contributed by atoms with van der Waals surface area (Å²) < 4.78 is 0.961. The van der Waals surface area contributed by atoms with Crippen LogP contribution in [0.1, 0.15) is 21.3 Å². The molecule has 1 amide bonds. The molecule has 1 N–H and O–H groups in total. The highest BCUT2D eigenvalue weighted by Gasteiger charge is 2.15. The number of hydrogen-bond acceptors (Lipinski definition) is 2. The molecule has 1 aromatic heterocycles. The largest absolute Gasteiger partial charge is 0.344 e. The van der Waals surface area contributed by atoms with Crippen molar-refractivity contribution in [2.45, 2.75) is 6.04 Å². The first kappa shape index (κ1) is 13.8. The van der Waals surface area contributed by atoms with E-state index >= 15 is 0 Å². The van der Waals surface area contributed by atoms with Crippen molar-refractivity contribution < 1.29 is 4.79 Å². The number of thiophene rings is 1. The Hall–Kier alpha value is -0.650. The second-order valence-electron chi connectivity index (χ2n) is 3.69. The Morgan fingerprint density at radius 1 is 1.22 bits per heavy atom. The number of nitrogens with one attached hydrogen (secondary N) is 1. The smallest absolute Gasteiger partial charge is 0.261 e. The van der Waals surface area contributed by atoms with Crippen molar-refractivity contribution in [2.24, 2.45) is 0 Å². The zero-order valence-corrected chi connectivity index (χ0v) is 13.4. The average molecular weight is 389 g/mol. The van der Waals surface area contributed by atoms with E-state index in [2.05, 4.69) is 37.2 Å². The van der Waals surface area contributed by atoms with Crippen LogP contribution in [-0.2, 0) is 0 Å². The highest BCUT2D eigenvalue weighted by molar-refractivity contribution is 9.11. The number of carbonyl (C=O) groups is 1. The van der Waals surface area contributed by atoms with Gasteiger partial charge in [-0.05, 0) is 33.6 Å². The number of rotatable bonds is 4. The first-order chi connectivity index (χ1) is 8.70. The van der Waals surface area contributed by atoms with Gasteiger partial charge in [0.2, 0.25) is 0 Å². The number of alkyl halides is 1. The van der Waals surface area contributed by atoms with Crippen LogP contribution in [0, 0.1) is 0 Å². The fraction of sp³-hybridized carbons (Fsp3) is 0.154. The summed E-state index contributed by atoms with van der Waals surface area (Å²) in [6.45, 7) is 0. The van der Waals surface area contributed by atoms with Gasteiger partial charge in [-0.25, -0.2) is 0 Å². The lowest BCUT2D eigenvalue weighted by atomic mass is 10.1. The van der Waals surface area contributed by atoms with Crippen LogP contribution in [0.3, 0.4) is 0 Å². The number of halogens is 2. The van der Waals surface area contributed by atoms with Crippen molar-refractivity contribution in [3.8, 4) is 0 Å². The maximum absolute atomic E-state index is 12.1. The Labute approximate surface area is 127 Å². The molecule has 1 heterocycles. The summed E-state index contributed by atoms with van der Waals surface area (Å²) >= 11 is 8.23. The summed E-state index contributed by atoms with van der Waals surface area (Å²) in [7, 11) is 0. The predicted octanol–water partition coefficient (Wildman–Crippen LogP) is 4.38. The van der Waals surface area contributed by atoms with E-state index in [1.807, 2.05) is 42.5 Å². The lowest BCUT2D eigenvalue weighted by molar-refractivity contribution is 0.0945. The van der Waals surface area contributed by atoms with Gasteiger partial charge in [0.15, 0.2) is 0 Å². The molecular formula is C13H11Br2NOS. The molecule has 0 fully saturated rings. The maximum atomic E-state index is 12.1. The molecular weight excluding hydrogens is 378 g/mol. The molecule has 1 unspecified atom stereocenters. The van der Waals surface area contributed by atoms with E-state index in [1.54, 1.807) is 0 Å². The molecule has 18 heavy (non-hydrogen) atoms. The van der Waals surface area contributed by atoms with Gasteiger partial charge in [0.25, 0.3) is 5.91 Å². The van der Waals surface area contributed by atoms with Crippen LogP contribution in [0.5, 0.6) is 0 Å². The molecule has 2 rings (SSSR count). The minimum Gasteiger partial charge on any atom is -0.344 e. The normalized spacial score (nSPS) is 12.1. The summed E-state index contributed by atoms with van der Waals surface area (Å²) in [6, 6.07) is 13.6. The molecule has 5 heteroatoms. The van der Waals surface area contributed by atoms with Crippen molar-refractivity contribution in [1.82, 2.24) is 5.32 Å². The monoisotopic (exact) mass is 387 g/mol. The molecule has 0 saturated heterocycles. The Kier molecular flexibility index (Phi) is 4.97. The van der Waals surface area contributed by atoms with E-state index in [1.165, 1.54) is 11.3 Å². The third-order valence-electron chi connectivity index (χ3n) is 2.46. The van der Waals surface area contributed by atoms with Crippen LogP contribution in [-0.4, -0.2) is 11.2 Å². The van der Waals surface area contributed by atoms with E-state index < -0.39 is 0 Å². The number of amides is 1. The van der Waals surface area contributed by atoms with Crippen molar-refractivity contribution in [1.29, 1.82) is 0 Å². The van der Waals surface area contributed by atoms with E-state index in [0.29, 0.717) is 10.2 Å². The van der Waals surface area contributed by atoms with Crippen LogP contribution in [0.2, 0.25) is 0 Å².